The molecule has 1 aromatic rings. The van der Waals surface area contributed by atoms with E-state index in [2.05, 4.69) is 17.3 Å². The average Bonchev–Trinajstić information content (AvgIpc) is 2.93. The zero-order valence-corrected chi connectivity index (χ0v) is 16.7. The Bertz CT molecular complexity index is 691. The highest BCUT2D eigenvalue weighted by molar-refractivity contribution is 7.16. The van der Waals surface area contributed by atoms with E-state index in [-0.39, 0.29) is 11.4 Å². The number of aryl methyl sites for hydroxylation is 1. The lowest BCUT2D eigenvalue weighted by molar-refractivity contribution is -0.123. The summed E-state index contributed by atoms with van der Waals surface area (Å²) in [6.07, 6.45) is 7.93. The van der Waals surface area contributed by atoms with Gasteiger partial charge >= 0.3 is 5.97 Å². The number of rotatable bonds is 5. The van der Waals surface area contributed by atoms with Crippen LogP contribution in [0, 0.1) is 24.7 Å². The fourth-order valence-electron chi connectivity index (χ4n) is 5.95. The van der Waals surface area contributed by atoms with Gasteiger partial charge in [-0.1, -0.05) is 0 Å². The van der Waals surface area contributed by atoms with Crippen molar-refractivity contribution in [1.29, 1.82) is 0 Å². The molecule has 0 aliphatic heterocycles. The molecule has 0 saturated heterocycles. The number of nitrogens with zero attached hydrogens (tertiary/aromatic N) is 1. The third-order valence-electron chi connectivity index (χ3n) is 6.71. The Morgan fingerprint density at radius 2 is 1.81 bits per heavy atom. The fourth-order valence-corrected chi connectivity index (χ4v) is 6.87. The summed E-state index contributed by atoms with van der Waals surface area (Å²) in [6, 6.07) is 1.77. The van der Waals surface area contributed by atoms with Crippen LogP contribution in [0.25, 0.3) is 0 Å². The van der Waals surface area contributed by atoms with Crippen LogP contribution in [0.3, 0.4) is 0 Å². The number of methoxy groups -OCH3 is 1. The molecule has 0 unspecified atom stereocenters. The SMILES string of the molecule is COC(=O)c1cc(C)sc1NC(=O)CN(C)C12CC3CC(CC(C3)C1)C2. The molecule has 0 spiro atoms. The number of likely N-dealkylation sites (N-methyl/N-ethyl adjacent to an activating group) is 1. The molecule has 5 nitrogen and oxygen atoms in total. The lowest BCUT2D eigenvalue weighted by Crippen LogP contribution is -2.59. The van der Waals surface area contributed by atoms with E-state index < -0.39 is 5.97 Å². The van der Waals surface area contributed by atoms with E-state index in [1.165, 1.54) is 57.0 Å². The van der Waals surface area contributed by atoms with Gasteiger partial charge in [0.25, 0.3) is 0 Å². The first-order valence-electron chi connectivity index (χ1n) is 9.58. The van der Waals surface area contributed by atoms with Crippen LogP contribution in [0.2, 0.25) is 0 Å². The lowest BCUT2D eigenvalue weighted by Gasteiger charge is -2.59. The summed E-state index contributed by atoms with van der Waals surface area (Å²) in [7, 11) is 3.47. The van der Waals surface area contributed by atoms with Crippen LogP contribution < -0.4 is 5.32 Å². The molecule has 1 aromatic heterocycles. The van der Waals surface area contributed by atoms with Gasteiger partial charge in [-0.3, -0.25) is 9.69 Å². The van der Waals surface area contributed by atoms with Crippen LogP contribution in [0.15, 0.2) is 6.07 Å². The minimum Gasteiger partial charge on any atom is -0.465 e. The maximum atomic E-state index is 12.7. The van der Waals surface area contributed by atoms with Crippen molar-refractivity contribution in [3.05, 3.63) is 16.5 Å². The van der Waals surface area contributed by atoms with E-state index in [0.717, 1.165) is 22.6 Å². The molecule has 26 heavy (non-hydrogen) atoms. The Morgan fingerprint density at radius 1 is 1.23 bits per heavy atom. The number of nitrogens with one attached hydrogen (secondary N) is 1. The van der Waals surface area contributed by atoms with Gasteiger partial charge in [-0.05, 0) is 76.3 Å². The molecule has 0 radical (unpaired) electrons. The second kappa shape index (κ2) is 6.64. The molecule has 0 atom stereocenters. The van der Waals surface area contributed by atoms with Gasteiger partial charge < -0.3 is 10.1 Å². The number of esters is 1. The second-order valence-electron chi connectivity index (χ2n) is 8.64. The number of anilines is 1. The first-order valence-corrected chi connectivity index (χ1v) is 10.4. The second-order valence-corrected chi connectivity index (χ2v) is 9.89. The van der Waals surface area contributed by atoms with Crippen LogP contribution in [-0.2, 0) is 9.53 Å². The minimum absolute atomic E-state index is 0.0461. The summed E-state index contributed by atoms with van der Waals surface area (Å²) in [4.78, 5) is 27.9. The Morgan fingerprint density at radius 3 is 2.35 bits per heavy atom. The van der Waals surface area contributed by atoms with Gasteiger partial charge in [0.15, 0.2) is 0 Å². The highest BCUT2D eigenvalue weighted by Gasteiger charge is 2.52. The van der Waals surface area contributed by atoms with Crippen LogP contribution in [0.5, 0.6) is 0 Å². The van der Waals surface area contributed by atoms with E-state index in [9.17, 15) is 9.59 Å². The third kappa shape index (κ3) is 3.18. The van der Waals surface area contributed by atoms with Crippen molar-refractivity contribution in [2.24, 2.45) is 17.8 Å². The molecule has 1 N–H and O–H groups in total. The first kappa shape index (κ1) is 18.0. The minimum atomic E-state index is -0.404. The van der Waals surface area contributed by atoms with Gasteiger partial charge in [-0.2, -0.15) is 0 Å². The zero-order chi connectivity index (χ0) is 18.5. The molecule has 1 amide bonds. The monoisotopic (exact) mass is 376 g/mol. The molecule has 142 valence electrons. The Hall–Kier alpha value is -1.40. The van der Waals surface area contributed by atoms with Crippen LogP contribution in [0.1, 0.15) is 53.8 Å². The van der Waals surface area contributed by atoms with Crippen molar-refractivity contribution >= 4 is 28.2 Å². The molecule has 4 aliphatic carbocycles. The number of carbonyl (C=O) groups excluding carboxylic acids is 2. The van der Waals surface area contributed by atoms with Crippen molar-refractivity contribution < 1.29 is 14.3 Å². The van der Waals surface area contributed by atoms with Crippen molar-refractivity contribution in [3.63, 3.8) is 0 Å². The summed E-state index contributed by atoms with van der Waals surface area (Å²) >= 11 is 1.42. The molecule has 0 aromatic carbocycles. The molecular weight excluding hydrogens is 348 g/mol. The molecule has 4 aliphatic rings. The van der Waals surface area contributed by atoms with Crippen LogP contribution in [0.4, 0.5) is 5.00 Å². The molecule has 5 rings (SSSR count). The quantitative estimate of drug-likeness (QED) is 0.797. The standard InChI is InChI=1S/C20H28N2O3S/c1-12-4-16(19(24)25-3)18(26-12)21-17(23)11-22(2)20-8-13-5-14(9-20)7-15(6-13)10-20/h4,13-15H,5-11H2,1-3H3,(H,21,23). The maximum absolute atomic E-state index is 12.7. The van der Waals surface area contributed by atoms with E-state index in [1.54, 1.807) is 6.07 Å². The van der Waals surface area contributed by atoms with E-state index in [0.29, 0.717) is 17.1 Å². The number of thiophene rings is 1. The summed E-state index contributed by atoms with van der Waals surface area (Å²) in [6.45, 7) is 2.30. The molecular formula is C20H28N2O3S. The number of hydrogen-bond donors (Lipinski definition) is 1. The molecule has 1 heterocycles. The number of carbonyl (C=O) groups is 2. The molecule has 4 bridgehead atoms. The van der Waals surface area contributed by atoms with Crippen LogP contribution >= 0.6 is 11.3 Å². The highest BCUT2D eigenvalue weighted by atomic mass is 32.1. The van der Waals surface area contributed by atoms with E-state index in [4.69, 9.17) is 4.74 Å². The van der Waals surface area contributed by atoms with Gasteiger partial charge in [0.05, 0.1) is 19.2 Å². The predicted molar refractivity (Wildman–Crippen MR) is 103 cm³/mol. The van der Waals surface area contributed by atoms with Gasteiger partial charge in [-0.25, -0.2) is 4.79 Å². The highest BCUT2D eigenvalue weighted by Crippen LogP contribution is 2.57. The maximum Gasteiger partial charge on any atom is 0.340 e. The normalized spacial score (nSPS) is 32.1. The Kier molecular flexibility index (Phi) is 4.59. The van der Waals surface area contributed by atoms with Crippen molar-refractivity contribution in [1.82, 2.24) is 4.90 Å². The first-order chi connectivity index (χ1) is 12.4. The number of amides is 1. The van der Waals surface area contributed by atoms with Gasteiger partial charge in [0, 0.05) is 10.4 Å². The van der Waals surface area contributed by atoms with Crippen molar-refractivity contribution in [2.75, 3.05) is 26.0 Å². The van der Waals surface area contributed by atoms with E-state index >= 15 is 0 Å². The summed E-state index contributed by atoms with van der Waals surface area (Å²) in [5, 5.41) is 3.54. The van der Waals surface area contributed by atoms with Gasteiger partial charge in [-0.15, -0.1) is 11.3 Å². The van der Waals surface area contributed by atoms with Crippen molar-refractivity contribution in [3.8, 4) is 0 Å². The number of hydrogen-bond acceptors (Lipinski definition) is 5. The summed E-state index contributed by atoms with van der Waals surface area (Å²) in [5.41, 5.74) is 0.656. The Balaban J connectivity index is 1.43. The summed E-state index contributed by atoms with van der Waals surface area (Å²) < 4.78 is 4.82. The zero-order valence-electron chi connectivity index (χ0n) is 15.8. The average molecular weight is 377 g/mol. The molecule has 4 saturated carbocycles. The topological polar surface area (TPSA) is 58.6 Å². The van der Waals surface area contributed by atoms with Crippen LogP contribution in [-0.4, -0.2) is 43.0 Å². The smallest absolute Gasteiger partial charge is 0.340 e. The van der Waals surface area contributed by atoms with E-state index in [1.807, 2.05) is 6.92 Å². The predicted octanol–water partition coefficient (Wildman–Crippen LogP) is 3.68. The Labute approximate surface area is 159 Å². The largest absolute Gasteiger partial charge is 0.465 e. The molecule has 6 heteroatoms. The van der Waals surface area contributed by atoms with Gasteiger partial charge in [0.2, 0.25) is 5.91 Å². The molecule has 4 fully saturated rings. The summed E-state index contributed by atoms with van der Waals surface area (Å²) in [5.74, 6) is 2.13. The van der Waals surface area contributed by atoms with Gasteiger partial charge in [0.1, 0.15) is 5.00 Å². The van der Waals surface area contributed by atoms with Crippen molar-refractivity contribution in [2.45, 2.75) is 51.0 Å². The third-order valence-corrected chi connectivity index (χ3v) is 7.68. The lowest BCUT2D eigenvalue weighted by atomic mass is 9.52. The number of ether oxygens (including phenoxy) is 1. The fraction of sp³-hybridized carbons (Fsp3) is 0.700.